The fourth-order valence-corrected chi connectivity index (χ4v) is 4.60. The van der Waals surface area contributed by atoms with Crippen LogP contribution in [0.5, 0.6) is 0 Å². The van der Waals surface area contributed by atoms with Crippen molar-refractivity contribution in [2.45, 2.75) is 13.8 Å². The highest BCUT2D eigenvalue weighted by Gasteiger charge is 2.26. The van der Waals surface area contributed by atoms with Gasteiger partial charge in [-0.1, -0.05) is 37.3 Å². The van der Waals surface area contributed by atoms with Crippen molar-refractivity contribution in [3.8, 4) is 11.1 Å². The van der Waals surface area contributed by atoms with E-state index >= 15 is 0 Å². The van der Waals surface area contributed by atoms with Gasteiger partial charge in [0, 0.05) is 36.6 Å². The first-order valence-electron chi connectivity index (χ1n) is 9.55. The number of ether oxygens (including phenoxy) is 1. The predicted octanol–water partition coefficient (Wildman–Crippen LogP) is 3.09. The average molecular weight is 402 g/mol. The van der Waals surface area contributed by atoms with E-state index in [2.05, 4.69) is 22.0 Å². The van der Waals surface area contributed by atoms with Crippen LogP contribution in [0.2, 0.25) is 0 Å². The van der Waals surface area contributed by atoms with Gasteiger partial charge in [-0.05, 0) is 19.0 Å². The summed E-state index contributed by atoms with van der Waals surface area (Å²) in [5.41, 5.74) is 2.19. The highest BCUT2D eigenvalue weighted by atomic mass is 32.1. The summed E-state index contributed by atoms with van der Waals surface area (Å²) < 4.78 is 5.01. The van der Waals surface area contributed by atoms with Gasteiger partial charge in [-0.15, -0.1) is 11.3 Å². The molecular formula is C21H27N3O3S. The molecule has 1 aliphatic heterocycles. The van der Waals surface area contributed by atoms with Crippen LogP contribution in [-0.4, -0.2) is 68.1 Å². The van der Waals surface area contributed by atoms with Crippen molar-refractivity contribution in [1.29, 1.82) is 0 Å². The Kier molecular flexibility index (Phi) is 6.83. The Morgan fingerprint density at radius 1 is 1.11 bits per heavy atom. The van der Waals surface area contributed by atoms with E-state index in [1.807, 2.05) is 37.3 Å². The number of carbonyl (C=O) groups is 2. The summed E-state index contributed by atoms with van der Waals surface area (Å²) in [6.07, 6.45) is 0. The number of hydrogen-bond donors (Lipinski definition) is 1. The summed E-state index contributed by atoms with van der Waals surface area (Å²) in [4.78, 5) is 30.6. The summed E-state index contributed by atoms with van der Waals surface area (Å²) in [7, 11) is 1.36. The predicted molar refractivity (Wildman–Crippen MR) is 113 cm³/mol. The van der Waals surface area contributed by atoms with Gasteiger partial charge < -0.3 is 15.0 Å². The molecule has 150 valence electrons. The van der Waals surface area contributed by atoms with E-state index in [-0.39, 0.29) is 5.91 Å². The molecule has 1 aliphatic rings. The number of likely N-dealkylation sites (N-methyl/N-ethyl adjacent to an activating group) is 1. The molecule has 0 aliphatic carbocycles. The number of hydrogen-bond acceptors (Lipinski definition) is 6. The lowest BCUT2D eigenvalue weighted by Crippen LogP contribution is -2.48. The second-order valence-corrected chi connectivity index (χ2v) is 8.08. The molecule has 0 spiro atoms. The van der Waals surface area contributed by atoms with Gasteiger partial charge in [0.25, 0.3) is 0 Å². The quantitative estimate of drug-likeness (QED) is 0.754. The minimum atomic E-state index is -0.435. The molecule has 7 heteroatoms. The second-order valence-electron chi connectivity index (χ2n) is 6.85. The number of aryl methyl sites for hydroxylation is 1. The zero-order valence-electron chi connectivity index (χ0n) is 16.7. The van der Waals surface area contributed by atoms with Crippen LogP contribution in [0, 0.1) is 6.92 Å². The Morgan fingerprint density at radius 2 is 1.75 bits per heavy atom. The first-order chi connectivity index (χ1) is 13.5. The maximum absolute atomic E-state index is 12.6. The minimum Gasteiger partial charge on any atom is -0.465 e. The third-order valence-corrected chi connectivity index (χ3v) is 6.09. The number of nitrogens with one attached hydrogen (secondary N) is 1. The molecule has 2 aromatic rings. The molecule has 0 bridgehead atoms. The minimum absolute atomic E-state index is 0.101. The number of nitrogens with zero attached hydrogens (tertiary/aromatic N) is 2. The third-order valence-electron chi connectivity index (χ3n) is 5.07. The van der Waals surface area contributed by atoms with E-state index in [4.69, 9.17) is 4.74 Å². The normalized spacial score (nSPS) is 15.4. The fraction of sp³-hybridized carbons (Fsp3) is 0.429. The van der Waals surface area contributed by atoms with E-state index in [0.29, 0.717) is 17.1 Å². The van der Waals surface area contributed by atoms with Crippen LogP contribution in [0.3, 0.4) is 0 Å². The van der Waals surface area contributed by atoms with E-state index in [1.165, 1.54) is 18.4 Å². The summed E-state index contributed by atoms with van der Waals surface area (Å²) in [5, 5.41) is 3.51. The van der Waals surface area contributed by atoms with E-state index in [0.717, 1.165) is 48.7 Å². The molecule has 1 fully saturated rings. The van der Waals surface area contributed by atoms with Crippen molar-refractivity contribution in [2.24, 2.45) is 0 Å². The van der Waals surface area contributed by atoms with Crippen molar-refractivity contribution in [2.75, 3.05) is 51.7 Å². The largest absolute Gasteiger partial charge is 0.465 e. The smallest absolute Gasteiger partial charge is 0.341 e. The summed E-state index contributed by atoms with van der Waals surface area (Å²) >= 11 is 1.41. The molecular weight excluding hydrogens is 374 g/mol. The first kappa shape index (κ1) is 20.5. The zero-order valence-corrected chi connectivity index (χ0v) is 17.5. The maximum Gasteiger partial charge on any atom is 0.341 e. The third kappa shape index (κ3) is 4.60. The average Bonchev–Trinajstić information content (AvgIpc) is 3.04. The monoisotopic (exact) mass is 401 g/mol. The molecule has 1 N–H and O–H groups in total. The lowest BCUT2D eigenvalue weighted by Gasteiger charge is -2.33. The molecule has 1 saturated heterocycles. The number of anilines is 1. The van der Waals surface area contributed by atoms with Gasteiger partial charge in [0.05, 0.1) is 13.7 Å². The van der Waals surface area contributed by atoms with Gasteiger partial charge in [0.2, 0.25) is 5.91 Å². The molecule has 0 radical (unpaired) electrons. The molecule has 0 unspecified atom stereocenters. The van der Waals surface area contributed by atoms with Crippen LogP contribution in [0.15, 0.2) is 30.3 Å². The topological polar surface area (TPSA) is 61.9 Å². The first-order valence-corrected chi connectivity index (χ1v) is 10.4. The van der Waals surface area contributed by atoms with Crippen molar-refractivity contribution < 1.29 is 14.3 Å². The summed E-state index contributed by atoms with van der Waals surface area (Å²) in [5.74, 6) is -0.536. The van der Waals surface area contributed by atoms with Crippen LogP contribution in [0.25, 0.3) is 11.1 Å². The molecule has 1 amide bonds. The number of amides is 1. The van der Waals surface area contributed by atoms with Gasteiger partial charge in [-0.3, -0.25) is 9.69 Å². The summed E-state index contributed by atoms with van der Waals surface area (Å²) in [6, 6.07) is 9.72. The van der Waals surface area contributed by atoms with E-state index in [1.54, 1.807) is 0 Å². The molecule has 0 atom stereocenters. The Bertz CT molecular complexity index is 827. The SMILES string of the molecule is CCN1CCN(CC(=O)Nc2sc(C)c(-c3ccccc3)c2C(=O)OC)CC1. The maximum atomic E-state index is 12.6. The van der Waals surface area contributed by atoms with Gasteiger partial charge in [-0.25, -0.2) is 4.79 Å². The fourth-order valence-electron chi connectivity index (χ4n) is 3.51. The molecule has 0 saturated carbocycles. The Morgan fingerprint density at radius 3 is 2.36 bits per heavy atom. The number of benzene rings is 1. The Labute approximate surface area is 170 Å². The number of methoxy groups -OCH3 is 1. The summed E-state index contributed by atoms with van der Waals surface area (Å²) in [6.45, 7) is 9.20. The van der Waals surface area contributed by atoms with Gasteiger partial charge in [-0.2, -0.15) is 0 Å². The van der Waals surface area contributed by atoms with Gasteiger partial charge in [0.15, 0.2) is 0 Å². The highest BCUT2D eigenvalue weighted by Crippen LogP contribution is 2.40. The van der Waals surface area contributed by atoms with Crippen LogP contribution in [-0.2, 0) is 9.53 Å². The number of carbonyl (C=O) groups excluding carboxylic acids is 2. The van der Waals surface area contributed by atoms with Crippen LogP contribution < -0.4 is 5.32 Å². The second kappa shape index (κ2) is 9.32. The lowest BCUT2D eigenvalue weighted by molar-refractivity contribution is -0.117. The van der Waals surface area contributed by atoms with Crippen molar-refractivity contribution >= 4 is 28.2 Å². The number of rotatable bonds is 6. The van der Waals surface area contributed by atoms with Crippen LogP contribution >= 0.6 is 11.3 Å². The number of piperazine rings is 1. The zero-order chi connectivity index (χ0) is 20.1. The Balaban J connectivity index is 1.78. The molecule has 1 aromatic heterocycles. The lowest BCUT2D eigenvalue weighted by atomic mass is 10.0. The molecule has 2 heterocycles. The number of thiophene rings is 1. The Hall–Kier alpha value is -2.22. The van der Waals surface area contributed by atoms with Crippen molar-refractivity contribution in [3.05, 3.63) is 40.8 Å². The molecule has 3 rings (SSSR count). The standard InChI is InChI=1S/C21H27N3O3S/c1-4-23-10-12-24(13-11-23)14-17(25)22-20-19(21(26)27-3)18(15(2)28-20)16-8-6-5-7-9-16/h5-9H,4,10-14H2,1-3H3,(H,22,25). The number of esters is 1. The molecule has 1 aromatic carbocycles. The van der Waals surface area contributed by atoms with Crippen LogP contribution in [0.1, 0.15) is 22.2 Å². The van der Waals surface area contributed by atoms with E-state index in [9.17, 15) is 9.59 Å². The van der Waals surface area contributed by atoms with Gasteiger partial charge in [0.1, 0.15) is 10.6 Å². The molecule has 28 heavy (non-hydrogen) atoms. The van der Waals surface area contributed by atoms with Crippen molar-refractivity contribution in [1.82, 2.24) is 9.80 Å². The van der Waals surface area contributed by atoms with Crippen LogP contribution in [0.4, 0.5) is 5.00 Å². The highest BCUT2D eigenvalue weighted by molar-refractivity contribution is 7.17. The van der Waals surface area contributed by atoms with E-state index < -0.39 is 5.97 Å². The van der Waals surface area contributed by atoms with Crippen molar-refractivity contribution in [3.63, 3.8) is 0 Å². The van der Waals surface area contributed by atoms with Gasteiger partial charge >= 0.3 is 5.97 Å². The molecule has 6 nitrogen and oxygen atoms in total.